The summed E-state index contributed by atoms with van der Waals surface area (Å²) < 4.78 is 0. The lowest BCUT2D eigenvalue weighted by molar-refractivity contribution is -0.119. The predicted molar refractivity (Wildman–Crippen MR) is 78.0 cm³/mol. The molecule has 1 saturated heterocycles. The maximum atomic E-state index is 12.4. The van der Waals surface area contributed by atoms with Crippen molar-refractivity contribution in [1.82, 2.24) is 9.80 Å². The number of amides is 2. The molecule has 1 aromatic rings. The van der Waals surface area contributed by atoms with Crippen LogP contribution in [0.2, 0.25) is 10.0 Å². The molecule has 0 bridgehead atoms. The van der Waals surface area contributed by atoms with E-state index in [1.165, 1.54) is 0 Å². The minimum absolute atomic E-state index is 0.142. The summed E-state index contributed by atoms with van der Waals surface area (Å²) in [6.45, 7) is 2.53. The SMILES string of the molecule is NC(=O)CN1CCN(C(=O)c2cccc(Cl)c2Cl)CC1. The Bertz CT molecular complexity index is 528. The third-order valence-corrected chi connectivity index (χ3v) is 4.04. The summed E-state index contributed by atoms with van der Waals surface area (Å²) in [7, 11) is 0. The van der Waals surface area contributed by atoms with Crippen LogP contribution in [-0.4, -0.2) is 54.3 Å². The lowest BCUT2D eigenvalue weighted by Gasteiger charge is -2.34. The molecule has 2 amide bonds. The number of piperazine rings is 1. The molecule has 0 radical (unpaired) electrons. The smallest absolute Gasteiger partial charge is 0.255 e. The van der Waals surface area contributed by atoms with Gasteiger partial charge in [-0.2, -0.15) is 0 Å². The highest BCUT2D eigenvalue weighted by Gasteiger charge is 2.24. The number of rotatable bonds is 3. The molecule has 1 aliphatic rings. The van der Waals surface area contributed by atoms with Gasteiger partial charge in [0.15, 0.2) is 0 Å². The quantitative estimate of drug-likeness (QED) is 0.912. The van der Waals surface area contributed by atoms with Gasteiger partial charge in [0.1, 0.15) is 0 Å². The summed E-state index contributed by atoms with van der Waals surface area (Å²) in [5.41, 5.74) is 5.56. The highest BCUT2D eigenvalue weighted by atomic mass is 35.5. The van der Waals surface area contributed by atoms with Crippen molar-refractivity contribution in [3.05, 3.63) is 33.8 Å². The van der Waals surface area contributed by atoms with Gasteiger partial charge in [-0.05, 0) is 12.1 Å². The van der Waals surface area contributed by atoms with E-state index >= 15 is 0 Å². The molecule has 1 aromatic carbocycles. The van der Waals surface area contributed by atoms with Gasteiger partial charge >= 0.3 is 0 Å². The van der Waals surface area contributed by atoms with E-state index in [4.69, 9.17) is 28.9 Å². The number of nitrogens with zero attached hydrogens (tertiary/aromatic N) is 2. The van der Waals surface area contributed by atoms with Crippen molar-refractivity contribution < 1.29 is 9.59 Å². The molecule has 0 atom stereocenters. The average molecular weight is 316 g/mol. The fourth-order valence-corrected chi connectivity index (χ4v) is 2.55. The van der Waals surface area contributed by atoms with E-state index in [1.807, 2.05) is 4.90 Å². The number of halogens is 2. The zero-order valence-corrected chi connectivity index (χ0v) is 12.3. The van der Waals surface area contributed by atoms with Gasteiger partial charge in [0, 0.05) is 26.2 Å². The van der Waals surface area contributed by atoms with Gasteiger partial charge in [0.2, 0.25) is 5.91 Å². The van der Waals surface area contributed by atoms with E-state index < -0.39 is 0 Å². The van der Waals surface area contributed by atoms with E-state index in [-0.39, 0.29) is 23.4 Å². The first kappa shape index (κ1) is 15.1. The summed E-state index contributed by atoms with van der Waals surface area (Å²) in [4.78, 5) is 26.9. The number of benzene rings is 1. The van der Waals surface area contributed by atoms with Crippen molar-refractivity contribution in [2.75, 3.05) is 32.7 Å². The molecular formula is C13H15Cl2N3O2. The zero-order valence-electron chi connectivity index (χ0n) is 10.8. The third-order valence-electron chi connectivity index (χ3n) is 3.22. The maximum Gasteiger partial charge on any atom is 0.255 e. The second kappa shape index (κ2) is 6.43. The molecule has 20 heavy (non-hydrogen) atoms. The van der Waals surface area contributed by atoms with Crippen molar-refractivity contribution >= 4 is 35.0 Å². The molecule has 2 rings (SSSR count). The Balaban J connectivity index is 2.02. The topological polar surface area (TPSA) is 66.6 Å². The molecule has 1 heterocycles. The Morgan fingerprint density at radius 3 is 2.40 bits per heavy atom. The van der Waals surface area contributed by atoms with Gasteiger partial charge in [-0.1, -0.05) is 29.3 Å². The molecule has 2 N–H and O–H groups in total. The summed E-state index contributed by atoms with van der Waals surface area (Å²) in [6.07, 6.45) is 0. The van der Waals surface area contributed by atoms with Gasteiger partial charge in [-0.3, -0.25) is 14.5 Å². The van der Waals surface area contributed by atoms with Gasteiger partial charge < -0.3 is 10.6 Å². The van der Waals surface area contributed by atoms with Crippen LogP contribution in [0.4, 0.5) is 0 Å². The number of primary amides is 1. The van der Waals surface area contributed by atoms with Crippen LogP contribution in [0.1, 0.15) is 10.4 Å². The number of hydrogen-bond acceptors (Lipinski definition) is 3. The molecule has 0 saturated carbocycles. The molecule has 108 valence electrons. The van der Waals surface area contributed by atoms with Crippen molar-refractivity contribution in [3.8, 4) is 0 Å². The molecule has 1 fully saturated rings. The lowest BCUT2D eigenvalue weighted by atomic mass is 10.1. The van der Waals surface area contributed by atoms with Crippen molar-refractivity contribution in [3.63, 3.8) is 0 Å². The van der Waals surface area contributed by atoms with Crippen molar-refractivity contribution in [1.29, 1.82) is 0 Å². The molecule has 1 aliphatic heterocycles. The summed E-state index contributed by atoms with van der Waals surface area (Å²) in [6, 6.07) is 5.00. The second-order valence-electron chi connectivity index (χ2n) is 4.64. The highest BCUT2D eigenvalue weighted by Crippen LogP contribution is 2.26. The van der Waals surface area contributed by atoms with E-state index in [1.54, 1.807) is 23.1 Å². The Morgan fingerprint density at radius 1 is 1.15 bits per heavy atom. The van der Waals surface area contributed by atoms with Gasteiger partial charge in [0.05, 0.1) is 22.2 Å². The fourth-order valence-electron chi connectivity index (χ4n) is 2.17. The van der Waals surface area contributed by atoms with Gasteiger partial charge in [-0.15, -0.1) is 0 Å². The molecular weight excluding hydrogens is 301 g/mol. The number of nitrogens with two attached hydrogens (primary N) is 1. The van der Waals surface area contributed by atoms with Crippen LogP contribution in [0.15, 0.2) is 18.2 Å². The number of carbonyl (C=O) groups excluding carboxylic acids is 2. The van der Waals surface area contributed by atoms with Crippen molar-refractivity contribution in [2.45, 2.75) is 0 Å². The average Bonchev–Trinajstić information content (AvgIpc) is 2.41. The van der Waals surface area contributed by atoms with Gasteiger partial charge in [-0.25, -0.2) is 0 Å². The van der Waals surface area contributed by atoms with Crippen LogP contribution in [-0.2, 0) is 4.79 Å². The summed E-state index contributed by atoms with van der Waals surface area (Å²) >= 11 is 12.0. The summed E-state index contributed by atoms with van der Waals surface area (Å²) in [5, 5.41) is 0.642. The first-order chi connectivity index (χ1) is 9.49. The molecule has 0 aromatic heterocycles. The minimum atomic E-state index is -0.359. The standard InChI is InChI=1S/C13H15Cl2N3O2/c14-10-3-1-2-9(12(10)15)13(20)18-6-4-17(5-7-18)8-11(16)19/h1-3H,4-8H2,(H2,16,19). The Morgan fingerprint density at radius 2 is 1.80 bits per heavy atom. The molecule has 0 unspecified atom stereocenters. The van der Waals surface area contributed by atoms with Crippen LogP contribution in [0.3, 0.4) is 0 Å². The Hall–Kier alpha value is -1.30. The van der Waals surface area contributed by atoms with Gasteiger partial charge in [0.25, 0.3) is 5.91 Å². The fraction of sp³-hybridized carbons (Fsp3) is 0.385. The van der Waals surface area contributed by atoms with Crippen LogP contribution in [0.5, 0.6) is 0 Å². The molecule has 5 nitrogen and oxygen atoms in total. The molecule has 0 aliphatic carbocycles. The van der Waals surface area contributed by atoms with Crippen LogP contribution in [0, 0.1) is 0 Å². The van der Waals surface area contributed by atoms with E-state index in [2.05, 4.69) is 0 Å². The normalized spacial score (nSPS) is 16.2. The molecule has 7 heteroatoms. The Kier molecular flexibility index (Phi) is 4.86. The minimum Gasteiger partial charge on any atom is -0.369 e. The van der Waals surface area contributed by atoms with Crippen LogP contribution >= 0.6 is 23.2 Å². The Labute approximate surface area is 127 Å². The van der Waals surface area contributed by atoms with Crippen LogP contribution < -0.4 is 5.73 Å². The number of hydrogen-bond donors (Lipinski definition) is 1. The zero-order chi connectivity index (χ0) is 14.7. The largest absolute Gasteiger partial charge is 0.369 e. The van der Waals surface area contributed by atoms with Crippen molar-refractivity contribution in [2.24, 2.45) is 5.73 Å². The summed E-state index contributed by atoms with van der Waals surface area (Å²) in [5.74, 6) is -0.501. The van der Waals surface area contributed by atoms with E-state index in [0.29, 0.717) is 36.8 Å². The highest BCUT2D eigenvalue weighted by molar-refractivity contribution is 6.43. The predicted octanol–water partition coefficient (Wildman–Crippen LogP) is 1.24. The van der Waals surface area contributed by atoms with E-state index in [9.17, 15) is 9.59 Å². The molecule has 0 spiro atoms. The first-order valence-corrected chi connectivity index (χ1v) is 6.98. The maximum absolute atomic E-state index is 12.4. The monoisotopic (exact) mass is 315 g/mol. The number of carbonyl (C=O) groups is 2. The first-order valence-electron chi connectivity index (χ1n) is 6.23. The lowest BCUT2D eigenvalue weighted by Crippen LogP contribution is -2.50. The second-order valence-corrected chi connectivity index (χ2v) is 5.42. The van der Waals surface area contributed by atoms with Crippen LogP contribution in [0.25, 0.3) is 0 Å². The third kappa shape index (κ3) is 3.42. The van der Waals surface area contributed by atoms with E-state index in [0.717, 1.165) is 0 Å².